The van der Waals surface area contributed by atoms with Crippen molar-refractivity contribution in [2.24, 2.45) is 0 Å². The summed E-state index contributed by atoms with van der Waals surface area (Å²) >= 11 is 4.74. The van der Waals surface area contributed by atoms with Gasteiger partial charge in [-0.2, -0.15) is 5.26 Å². The number of thiocarbonyl (C=S) groups is 1. The zero-order valence-corrected chi connectivity index (χ0v) is 7.36. The smallest absolute Gasteiger partial charge is 0.183 e. The molecule has 0 rings (SSSR count). The molecule has 0 aliphatic rings. The Balaban J connectivity index is 3.50. The second kappa shape index (κ2) is 5.89. The summed E-state index contributed by atoms with van der Waals surface area (Å²) < 4.78 is 4.85. The lowest BCUT2D eigenvalue weighted by atomic mass is 10.4. The highest BCUT2D eigenvalue weighted by Crippen LogP contribution is 1.81. The summed E-state index contributed by atoms with van der Waals surface area (Å²) in [5.41, 5.74) is 0. The van der Waals surface area contributed by atoms with Gasteiger partial charge in [-0.15, -0.1) is 0 Å². The molecule has 0 aromatic carbocycles. The SMILES string of the molecule is COCC(C)NC(=S)NC#N. The van der Waals surface area contributed by atoms with Crippen LogP contribution in [0.4, 0.5) is 0 Å². The second-order valence-electron chi connectivity index (χ2n) is 2.07. The Bertz CT molecular complexity index is 166. The molecule has 0 bridgehead atoms. The van der Waals surface area contributed by atoms with Crippen molar-refractivity contribution in [1.82, 2.24) is 10.6 Å². The van der Waals surface area contributed by atoms with Gasteiger partial charge in [0.1, 0.15) is 0 Å². The minimum atomic E-state index is 0.119. The number of nitrogens with one attached hydrogen (secondary N) is 2. The molecule has 0 spiro atoms. The van der Waals surface area contributed by atoms with E-state index >= 15 is 0 Å². The third-order valence-electron chi connectivity index (χ3n) is 0.964. The monoisotopic (exact) mass is 173 g/mol. The maximum absolute atomic E-state index is 8.16. The topological polar surface area (TPSA) is 57.1 Å². The zero-order valence-electron chi connectivity index (χ0n) is 6.55. The van der Waals surface area contributed by atoms with Crippen molar-refractivity contribution in [3.05, 3.63) is 0 Å². The van der Waals surface area contributed by atoms with E-state index in [1.165, 1.54) is 0 Å². The Morgan fingerprint density at radius 1 is 1.82 bits per heavy atom. The first kappa shape index (κ1) is 10.1. The van der Waals surface area contributed by atoms with Crippen molar-refractivity contribution >= 4 is 17.3 Å². The molecule has 0 saturated heterocycles. The van der Waals surface area contributed by atoms with E-state index in [1.54, 1.807) is 13.3 Å². The van der Waals surface area contributed by atoms with E-state index in [1.807, 2.05) is 6.92 Å². The Labute approximate surface area is 71.5 Å². The molecular formula is C6H11N3OS. The first-order valence-electron chi connectivity index (χ1n) is 3.15. The van der Waals surface area contributed by atoms with Crippen molar-refractivity contribution in [2.45, 2.75) is 13.0 Å². The number of ether oxygens (including phenoxy) is 1. The molecule has 0 radical (unpaired) electrons. The second-order valence-corrected chi connectivity index (χ2v) is 2.47. The number of nitrogens with zero attached hydrogens (tertiary/aromatic N) is 1. The third-order valence-corrected chi connectivity index (χ3v) is 1.18. The average molecular weight is 173 g/mol. The van der Waals surface area contributed by atoms with Gasteiger partial charge in [-0.05, 0) is 19.1 Å². The lowest BCUT2D eigenvalue weighted by Gasteiger charge is -2.12. The molecule has 0 aromatic heterocycles. The van der Waals surface area contributed by atoms with Gasteiger partial charge in [-0.1, -0.05) is 0 Å². The molecule has 0 aromatic rings. The summed E-state index contributed by atoms with van der Waals surface area (Å²) in [5, 5.41) is 13.6. The summed E-state index contributed by atoms with van der Waals surface area (Å²) in [6.07, 6.45) is 1.72. The van der Waals surface area contributed by atoms with Crippen LogP contribution in [-0.2, 0) is 4.74 Å². The minimum absolute atomic E-state index is 0.119. The number of nitriles is 1. The molecule has 1 unspecified atom stereocenters. The molecule has 1 atom stereocenters. The molecule has 4 nitrogen and oxygen atoms in total. The maximum Gasteiger partial charge on any atom is 0.183 e. The van der Waals surface area contributed by atoms with Crippen molar-refractivity contribution in [3.63, 3.8) is 0 Å². The van der Waals surface area contributed by atoms with Gasteiger partial charge in [0.15, 0.2) is 11.3 Å². The minimum Gasteiger partial charge on any atom is -0.383 e. The average Bonchev–Trinajstić information content (AvgIpc) is 1.87. The quantitative estimate of drug-likeness (QED) is 0.356. The molecule has 5 heteroatoms. The van der Waals surface area contributed by atoms with Gasteiger partial charge in [0.2, 0.25) is 0 Å². The van der Waals surface area contributed by atoms with E-state index in [0.717, 1.165) is 0 Å². The molecule has 0 fully saturated rings. The first-order valence-corrected chi connectivity index (χ1v) is 3.56. The van der Waals surface area contributed by atoms with Crippen LogP contribution < -0.4 is 10.6 Å². The normalized spacial score (nSPS) is 11.4. The van der Waals surface area contributed by atoms with Crippen LogP contribution in [-0.4, -0.2) is 24.9 Å². The van der Waals surface area contributed by atoms with Gasteiger partial charge in [-0.3, -0.25) is 5.32 Å². The van der Waals surface area contributed by atoms with Crippen LogP contribution in [0.5, 0.6) is 0 Å². The number of methoxy groups -OCH3 is 1. The molecule has 2 N–H and O–H groups in total. The van der Waals surface area contributed by atoms with Gasteiger partial charge < -0.3 is 10.1 Å². The molecule has 11 heavy (non-hydrogen) atoms. The standard InChI is InChI=1S/C6H11N3OS/c1-5(3-10-2)9-6(11)8-4-7/h5H,3H2,1-2H3,(H2,8,9,11). The molecule has 0 aliphatic heterocycles. The predicted molar refractivity (Wildman–Crippen MR) is 45.8 cm³/mol. The first-order chi connectivity index (χ1) is 5.20. The van der Waals surface area contributed by atoms with Gasteiger partial charge in [0.05, 0.1) is 6.61 Å². The van der Waals surface area contributed by atoms with Crippen LogP contribution in [0, 0.1) is 11.5 Å². The fourth-order valence-electron chi connectivity index (χ4n) is 0.602. The van der Waals surface area contributed by atoms with E-state index in [9.17, 15) is 0 Å². The van der Waals surface area contributed by atoms with E-state index in [4.69, 9.17) is 22.2 Å². The van der Waals surface area contributed by atoms with Crippen LogP contribution in [0.1, 0.15) is 6.92 Å². The summed E-state index contributed by atoms with van der Waals surface area (Å²) in [5.74, 6) is 0. The highest BCUT2D eigenvalue weighted by Gasteiger charge is 2.01. The highest BCUT2D eigenvalue weighted by atomic mass is 32.1. The van der Waals surface area contributed by atoms with E-state index in [2.05, 4.69) is 10.6 Å². The lowest BCUT2D eigenvalue weighted by Crippen LogP contribution is -2.40. The fraction of sp³-hybridized carbons (Fsp3) is 0.667. The van der Waals surface area contributed by atoms with Gasteiger partial charge in [-0.25, -0.2) is 0 Å². The zero-order chi connectivity index (χ0) is 8.69. The van der Waals surface area contributed by atoms with Crippen LogP contribution >= 0.6 is 12.2 Å². The van der Waals surface area contributed by atoms with Crippen molar-refractivity contribution in [2.75, 3.05) is 13.7 Å². The maximum atomic E-state index is 8.16. The van der Waals surface area contributed by atoms with Gasteiger partial charge in [0, 0.05) is 13.2 Å². The van der Waals surface area contributed by atoms with Crippen molar-refractivity contribution < 1.29 is 4.74 Å². The van der Waals surface area contributed by atoms with Crippen LogP contribution in [0.2, 0.25) is 0 Å². The van der Waals surface area contributed by atoms with Crippen LogP contribution in [0.15, 0.2) is 0 Å². The van der Waals surface area contributed by atoms with Crippen LogP contribution in [0.25, 0.3) is 0 Å². The van der Waals surface area contributed by atoms with E-state index in [-0.39, 0.29) is 6.04 Å². The predicted octanol–water partition coefficient (Wildman–Crippen LogP) is -0.0335. The van der Waals surface area contributed by atoms with Crippen molar-refractivity contribution in [3.8, 4) is 6.19 Å². The highest BCUT2D eigenvalue weighted by molar-refractivity contribution is 7.80. The largest absolute Gasteiger partial charge is 0.383 e. The summed E-state index contributed by atoms with van der Waals surface area (Å²) in [7, 11) is 1.61. The molecule has 0 aliphatic carbocycles. The number of hydrogen-bond donors (Lipinski definition) is 2. The van der Waals surface area contributed by atoms with Gasteiger partial charge in [0.25, 0.3) is 0 Å². The van der Waals surface area contributed by atoms with Crippen LogP contribution in [0.3, 0.4) is 0 Å². The summed E-state index contributed by atoms with van der Waals surface area (Å²) in [4.78, 5) is 0. The Morgan fingerprint density at radius 3 is 2.91 bits per heavy atom. The number of hydrogen-bond acceptors (Lipinski definition) is 3. The summed E-state index contributed by atoms with van der Waals surface area (Å²) in [6.45, 7) is 2.47. The molecule has 0 heterocycles. The molecule has 0 saturated carbocycles. The lowest BCUT2D eigenvalue weighted by molar-refractivity contribution is 0.179. The molecule has 0 amide bonds. The third kappa shape index (κ3) is 5.58. The molecular weight excluding hydrogens is 162 g/mol. The molecule has 62 valence electrons. The van der Waals surface area contributed by atoms with E-state index < -0.39 is 0 Å². The Morgan fingerprint density at radius 2 is 2.45 bits per heavy atom. The van der Waals surface area contributed by atoms with Gasteiger partial charge >= 0.3 is 0 Å². The van der Waals surface area contributed by atoms with E-state index in [0.29, 0.717) is 11.7 Å². The summed E-state index contributed by atoms with van der Waals surface area (Å²) in [6, 6.07) is 0.119. The Kier molecular flexibility index (Phi) is 5.43. The number of rotatable bonds is 3. The van der Waals surface area contributed by atoms with Crippen molar-refractivity contribution in [1.29, 1.82) is 5.26 Å². The fourth-order valence-corrected chi connectivity index (χ4v) is 0.849. The Hall–Kier alpha value is -0.860.